The maximum Gasteiger partial charge on any atom is 0.337 e. The molecule has 1 atom stereocenters. The number of hydrogen-bond acceptors (Lipinski definition) is 5. The van der Waals surface area contributed by atoms with Crippen LogP contribution in [-0.2, 0) is 11.2 Å². The SMILES string of the molecule is CCOc1nc2nc(C)c(CC(C)C(=O)O)c(C)n2n1. The van der Waals surface area contributed by atoms with E-state index in [1.165, 1.54) is 0 Å². The summed E-state index contributed by atoms with van der Waals surface area (Å²) in [5.41, 5.74) is 2.51. The van der Waals surface area contributed by atoms with Gasteiger partial charge < -0.3 is 9.84 Å². The molecule has 0 bridgehead atoms. The molecule has 0 aliphatic carbocycles. The van der Waals surface area contributed by atoms with Crippen molar-refractivity contribution >= 4 is 11.7 Å². The number of rotatable bonds is 5. The van der Waals surface area contributed by atoms with Gasteiger partial charge in [-0.1, -0.05) is 6.92 Å². The molecular formula is C13H18N4O3. The van der Waals surface area contributed by atoms with Gasteiger partial charge in [0, 0.05) is 11.4 Å². The molecule has 0 amide bonds. The Kier molecular flexibility index (Phi) is 3.87. The molecule has 1 unspecified atom stereocenters. The highest BCUT2D eigenvalue weighted by Gasteiger charge is 2.19. The first-order valence-electron chi connectivity index (χ1n) is 6.52. The van der Waals surface area contributed by atoms with Gasteiger partial charge >= 0.3 is 12.0 Å². The quantitative estimate of drug-likeness (QED) is 0.889. The normalized spacial score (nSPS) is 12.6. The number of carboxylic acids is 1. The van der Waals surface area contributed by atoms with Crippen LogP contribution in [-0.4, -0.2) is 37.3 Å². The molecule has 2 rings (SSSR count). The van der Waals surface area contributed by atoms with Gasteiger partial charge in [0.1, 0.15) is 0 Å². The number of ether oxygens (including phenoxy) is 1. The molecule has 0 aromatic carbocycles. The van der Waals surface area contributed by atoms with Crippen LogP contribution in [0.3, 0.4) is 0 Å². The zero-order valence-electron chi connectivity index (χ0n) is 12.0. The van der Waals surface area contributed by atoms with Crippen molar-refractivity contribution in [1.82, 2.24) is 19.6 Å². The third-order valence-electron chi connectivity index (χ3n) is 3.23. The summed E-state index contributed by atoms with van der Waals surface area (Å²) >= 11 is 0. The Morgan fingerprint density at radius 1 is 1.40 bits per heavy atom. The molecule has 2 heterocycles. The van der Waals surface area contributed by atoms with E-state index in [1.54, 1.807) is 11.4 Å². The molecule has 0 fully saturated rings. The third-order valence-corrected chi connectivity index (χ3v) is 3.23. The Morgan fingerprint density at radius 2 is 2.10 bits per heavy atom. The zero-order chi connectivity index (χ0) is 14.9. The highest BCUT2D eigenvalue weighted by Crippen LogP contribution is 2.19. The number of hydrogen-bond donors (Lipinski definition) is 1. The van der Waals surface area contributed by atoms with E-state index in [-0.39, 0.29) is 6.01 Å². The fraction of sp³-hybridized carbons (Fsp3) is 0.538. The zero-order valence-corrected chi connectivity index (χ0v) is 12.0. The number of fused-ring (bicyclic) bond motifs is 1. The molecule has 7 heteroatoms. The average Bonchev–Trinajstić information content (AvgIpc) is 2.77. The first-order chi connectivity index (χ1) is 9.43. The summed E-state index contributed by atoms with van der Waals surface area (Å²) < 4.78 is 6.87. The summed E-state index contributed by atoms with van der Waals surface area (Å²) in [5.74, 6) is -0.825. The Hall–Kier alpha value is -2.18. The molecule has 0 spiro atoms. The van der Waals surface area contributed by atoms with Crippen molar-refractivity contribution in [2.75, 3.05) is 6.61 Å². The van der Waals surface area contributed by atoms with Gasteiger partial charge in [-0.25, -0.2) is 4.98 Å². The minimum Gasteiger partial charge on any atom is -0.481 e. The summed E-state index contributed by atoms with van der Waals surface area (Å²) in [7, 11) is 0. The van der Waals surface area contributed by atoms with E-state index in [2.05, 4.69) is 15.1 Å². The second-order valence-corrected chi connectivity index (χ2v) is 4.74. The van der Waals surface area contributed by atoms with Crippen molar-refractivity contribution in [2.45, 2.75) is 34.1 Å². The molecule has 1 N–H and O–H groups in total. The van der Waals surface area contributed by atoms with E-state index >= 15 is 0 Å². The molecule has 20 heavy (non-hydrogen) atoms. The van der Waals surface area contributed by atoms with E-state index in [4.69, 9.17) is 9.84 Å². The average molecular weight is 278 g/mol. The van der Waals surface area contributed by atoms with Crippen molar-refractivity contribution < 1.29 is 14.6 Å². The van der Waals surface area contributed by atoms with Crippen molar-refractivity contribution in [1.29, 1.82) is 0 Å². The lowest BCUT2D eigenvalue weighted by molar-refractivity contribution is -0.141. The lowest BCUT2D eigenvalue weighted by Crippen LogP contribution is -2.16. The number of carbonyl (C=O) groups is 1. The lowest BCUT2D eigenvalue weighted by atomic mass is 9.99. The van der Waals surface area contributed by atoms with E-state index in [9.17, 15) is 4.79 Å². The van der Waals surface area contributed by atoms with Crippen molar-refractivity contribution in [3.8, 4) is 6.01 Å². The van der Waals surface area contributed by atoms with E-state index in [0.717, 1.165) is 17.0 Å². The predicted octanol–water partition coefficient (Wildman–Crippen LogP) is 1.40. The maximum atomic E-state index is 11.0. The summed E-state index contributed by atoms with van der Waals surface area (Å²) in [6, 6.07) is 0.283. The van der Waals surface area contributed by atoms with E-state index in [1.807, 2.05) is 20.8 Å². The van der Waals surface area contributed by atoms with Gasteiger partial charge in [-0.05, 0) is 32.8 Å². The molecule has 0 saturated heterocycles. The second-order valence-electron chi connectivity index (χ2n) is 4.74. The van der Waals surface area contributed by atoms with Crippen LogP contribution in [0.5, 0.6) is 6.01 Å². The molecule has 0 radical (unpaired) electrons. The van der Waals surface area contributed by atoms with E-state index < -0.39 is 11.9 Å². The number of nitrogens with zero attached hydrogens (tertiary/aromatic N) is 4. The van der Waals surface area contributed by atoms with Crippen LogP contribution in [0, 0.1) is 19.8 Å². The minimum absolute atomic E-state index is 0.283. The minimum atomic E-state index is -0.822. The summed E-state index contributed by atoms with van der Waals surface area (Å²) in [6.45, 7) is 7.76. The molecule has 2 aromatic heterocycles. The van der Waals surface area contributed by atoms with Gasteiger partial charge in [-0.2, -0.15) is 9.50 Å². The van der Waals surface area contributed by atoms with Crippen LogP contribution in [0.4, 0.5) is 0 Å². The predicted molar refractivity (Wildman–Crippen MR) is 71.9 cm³/mol. The largest absolute Gasteiger partial charge is 0.481 e. The van der Waals surface area contributed by atoms with Crippen LogP contribution in [0.15, 0.2) is 0 Å². The summed E-state index contributed by atoms with van der Waals surface area (Å²) in [5, 5.41) is 13.3. The van der Waals surface area contributed by atoms with Gasteiger partial charge in [0.05, 0.1) is 12.5 Å². The van der Waals surface area contributed by atoms with Crippen molar-refractivity contribution in [3.05, 3.63) is 17.0 Å². The lowest BCUT2D eigenvalue weighted by Gasteiger charge is -2.12. The number of aromatic nitrogens is 4. The van der Waals surface area contributed by atoms with Crippen molar-refractivity contribution in [2.24, 2.45) is 5.92 Å². The summed E-state index contributed by atoms with van der Waals surface area (Å²) in [6.07, 6.45) is 0.416. The van der Waals surface area contributed by atoms with Gasteiger partial charge in [0.15, 0.2) is 0 Å². The standard InChI is InChI=1S/C13H18N4O3/c1-5-20-13-15-12-14-8(3)10(6-7(2)11(18)19)9(4)17(12)16-13/h7H,5-6H2,1-4H3,(H,18,19). The van der Waals surface area contributed by atoms with Gasteiger partial charge in [0.2, 0.25) is 0 Å². The number of carboxylic acid groups (broad SMARTS) is 1. The van der Waals surface area contributed by atoms with Gasteiger partial charge in [0.25, 0.3) is 5.78 Å². The highest BCUT2D eigenvalue weighted by molar-refractivity contribution is 5.70. The Labute approximate surface area is 116 Å². The number of aryl methyl sites for hydroxylation is 2. The van der Waals surface area contributed by atoms with Gasteiger partial charge in [-0.15, -0.1) is 5.10 Å². The summed E-state index contributed by atoms with van der Waals surface area (Å²) in [4.78, 5) is 19.6. The molecular weight excluding hydrogens is 260 g/mol. The van der Waals surface area contributed by atoms with Gasteiger partial charge in [-0.3, -0.25) is 4.79 Å². The second kappa shape index (κ2) is 5.44. The fourth-order valence-corrected chi connectivity index (χ4v) is 2.07. The molecule has 108 valence electrons. The topological polar surface area (TPSA) is 89.6 Å². The molecule has 0 aliphatic heterocycles. The molecule has 0 aliphatic rings. The molecule has 0 saturated carbocycles. The highest BCUT2D eigenvalue weighted by atomic mass is 16.5. The fourth-order valence-electron chi connectivity index (χ4n) is 2.07. The van der Waals surface area contributed by atoms with Crippen LogP contribution in [0.25, 0.3) is 5.78 Å². The smallest absolute Gasteiger partial charge is 0.337 e. The van der Waals surface area contributed by atoms with Crippen LogP contribution < -0.4 is 4.74 Å². The monoisotopic (exact) mass is 278 g/mol. The van der Waals surface area contributed by atoms with Crippen molar-refractivity contribution in [3.63, 3.8) is 0 Å². The third kappa shape index (κ3) is 2.56. The van der Waals surface area contributed by atoms with Crippen LogP contribution in [0.1, 0.15) is 30.8 Å². The van der Waals surface area contributed by atoms with Crippen LogP contribution in [0.2, 0.25) is 0 Å². The van der Waals surface area contributed by atoms with Crippen LogP contribution >= 0.6 is 0 Å². The molecule has 7 nitrogen and oxygen atoms in total. The Bertz CT molecular complexity index is 651. The number of aliphatic carboxylic acids is 1. The first kappa shape index (κ1) is 14.2. The maximum absolute atomic E-state index is 11.0. The Balaban J connectivity index is 2.47. The first-order valence-corrected chi connectivity index (χ1v) is 6.52. The van der Waals surface area contributed by atoms with E-state index in [0.29, 0.717) is 18.8 Å². The molecule has 2 aromatic rings. The Morgan fingerprint density at radius 3 is 2.70 bits per heavy atom.